The van der Waals surface area contributed by atoms with Gasteiger partial charge in [0, 0.05) is 23.6 Å². The molecule has 0 saturated carbocycles. The van der Waals surface area contributed by atoms with E-state index in [4.69, 9.17) is 0 Å². The monoisotopic (exact) mass is 486 g/mol. The average Bonchev–Trinajstić information content (AvgIpc) is 2.85. The summed E-state index contributed by atoms with van der Waals surface area (Å²) >= 11 is 0. The fourth-order valence-electron chi connectivity index (χ4n) is 5.09. The molecule has 2 fully saturated rings. The van der Waals surface area contributed by atoms with E-state index in [2.05, 4.69) is 11.8 Å². The highest BCUT2D eigenvalue weighted by molar-refractivity contribution is 7.89. The third-order valence-electron chi connectivity index (χ3n) is 6.85. The van der Waals surface area contributed by atoms with Crippen molar-refractivity contribution in [2.24, 2.45) is 0 Å². The van der Waals surface area contributed by atoms with Gasteiger partial charge in [0.25, 0.3) is 0 Å². The lowest BCUT2D eigenvalue weighted by atomic mass is 9.74. The van der Waals surface area contributed by atoms with Crippen molar-refractivity contribution < 1.29 is 18.3 Å². The van der Waals surface area contributed by atoms with Crippen molar-refractivity contribution in [1.29, 1.82) is 0 Å². The van der Waals surface area contributed by atoms with E-state index < -0.39 is 10.0 Å². The smallest absolute Gasteiger partial charge is 0.243 e. The minimum atomic E-state index is -3.81. The Morgan fingerprint density at radius 2 is 1.54 bits per heavy atom. The Hall–Kier alpha value is -3.44. The number of fused-ring (bicyclic) bond motifs is 1. The number of hydrogen-bond acceptors (Lipinski definition) is 4. The van der Waals surface area contributed by atoms with E-state index in [1.54, 1.807) is 36.1 Å². The van der Waals surface area contributed by atoms with Gasteiger partial charge in [-0.15, -0.1) is 0 Å². The largest absolute Gasteiger partial charge is 0.394 e. The summed E-state index contributed by atoms with van der Waals surface area (Å²) < 4.78 is 28.0. The zero-order valence-corrected chi connectivity index (χ0v) is 20.2. The van der Waals surface area contributed by atoms with Crippen LogP contribution in [0.1, 0.15) is 28.2 Å². The lowest BCUT2D eigenvalue weighted by Crippen LogP contribution is -2.73. The number of aryl methyl sites for hydroxylation is 1. The number of aliphatic hydroxyl groups excluding tert-OH is 1. The molecular weight excluding hydrogens is 460 g/mol. The van der Waals surface area contributed by atoms with Crippen molar-refractivity contribution in [3.8, 4) is 11.8 Å². The first kappa shape index (κ1) is 23.3. The van der Waals surface area contributed by atoms with E-state index in [0.717, 1.165) is 16.7 Å². The molecule has 0 bridgehead atoms. The van der Waals surface area contributed by atoms with E-state index in [9.17, 15) is 18.3 Å². The Balaban J connectivity index is 1.39. The molecule has 1 amide bonds. The number of piperazine rings is 1. The maximum absolute atomic E-state index is 13.3. The molecule has 5 rings (SSSR count). The molecule has 0 aromatic heterocycles. The number of hydrogen-bond donors (Lipinski definition) is 1. The molecule has 2 heterocycles. The molecule has 0 radical (unpaired) electrons. The van der Waals surface area contributed by atoms with E-state index in [-0.39, 0.29) is 48.5 Å². The van der Waals surface area contributed by atoms with Gasteiger partial charge in [0.15, 0.2) is 0 Å². The summed E-state index contributed by atoms with van der Waals surface area (Å²) in [5.74, 6) is 5.85. The van der Waals surface area contributed by atoms with Crippen LogP contribution in [0.4, 0.5) is 0 Å². The summed E-state index contributed by atoms with van der Waals surface area (Å²) in [5, 5.41) is 10.0. The number of sulfonamides is 1. The third kappa shape index (κ3) is 4.25. The Morgan fingerprint density at radius 1 is 0.914 bits per heavy atom. The fourth-order valence-corrected chi connectivity index (χ4v) is 6.73. The average molecular weight is 487 g/mol. The minimum Gasteiger partial charge on any atom is -0.394 e. The van der Waals surface area contributed by atoms with Crippen LogP contribution in [0.2, 0.25) is 0 Å². The van der Waals surface area contributed by atoms with Gasteiger partial charge in [-0.05, 0) is 48.4 Å². The van der Waals surface area contributed by atoms with E-state index in [1.165, 1.54) is 4.31 Å². The molecule has 2 aliphatic heterocycles. The van der Waals surface area contributed by atoms with Crippen molar-refractivity contribution in [2.45, 2.75) is 29.8 Å². The zero-order valence-electron chi connectivity index (χ0n) is 19.3. The van der Waals surface area contributed by atoms with Crippen LogP contribution in [0.3, 0.4) is 0 Å². The summed E-state index contributed by atoms with van der Waals surface area (Å²) in [6.07, 6.45) is 0. The molecule has 0 unspecified atom stereocenters. The maximum Gasteiger partial charge on any atom is 0.243 e. The fraction of sp³-hybridized carbons (Fsp3) is 0.250. The zero-order chi connectivity index (χ0) is 24.6. The number of nitrogens with zero attached hydrogens (tertiary/aromatic N) is 2. The van der Waals surface area contributed by atoms with Gasteiger partial charge in [-0.1, -0.05) is 60.4 Å². The number of aliphatic hydroxyl groups is 1. The number of carbonyl (C=O) groups excluding carboxylic acids is 1. The second-order valence-electron chi connectivity index (χ2n) is 8.95. The second-order valence-corrected chi connectivity index (χ2v) is 10.9. The Labute approximate surface area is 205 Å². The van der Waals surface area contributed by atoms with Gasteiger partial charge in [0.2, 0.25) is 15.9 Å². The molecule has 0 spiro atoms. The molecule has 2 aliphatic rings. The molecule has 3 aromatic carbocycles. The summed E-state index contributed by atoms with van der Waals surface area (Å²) in [6, 6.07) is 23.6. The molecule has 3 atom stereocenters. The Kier molecular flexibility index (Phi) is 6.20. The van der Waals surface area contributed by atoms with Gasteiger partial charge in [0.1, 0.15) is 0 Å². The van der Waals surface area contributed by atoms with E-state index in [1.807, 2.05) is 54.6 Å². The second kappa shape index (κ2) is 9.31. The summed E-state index contributed by atoms with van der Waals surface area (Å²) in [7, 11) is -3.81. The summed E-state index contributed by atoms with van der Waals surface area (Å²) in [4.78, 5) is 14.8. The van der Waals surface area contributed by atoms with Crippen molar-refractivity contribution >= 4 is 15.9 Å². The van der Waals surface area contributed by atoms with E-state index in [0.29, 0.717) is 5.56 Å². The number of amides is 1. The van der Waals surface area contributed by atoms with Gasteiger partial charge < -0.3 is 10.0 Å². The molecule has 7 heteroatoms. The number of benzene rings is 3. The molecule has 35 heavy (non-hydrogen) atoms. The Bertz CT molecular complexity index is 1410. The lowest BCUT2D eigenvalue weighted by Gasteiger charge is -2.58. The van der Waals surface area contributed by atoms with Crippen molar-refractivity contribution in [2.75, 3.05) is 19.7 Å². The van der Waals surface area contributed by atoms with Gasteiger partial charge >= 0.3 is 0 Å². The number of carbonyl (C=O) groups is 1. The predicted molar refractivity (Wildman–Crippen MR) is 133 cm³/mol. The third-order valence-corrected chi connectivity index (χ3v) is 8.82. The summed E-state index contributed by atoms with van der Waals surface area (Å²) in [6.45, 7) is 1.55. The highest BCUT2D eigenvalue weighted by Gasteiger charge is 2.55. The first-order valence-corrected chi connectivity index (χ1v) is 13.0. The van der Waals surface area contributed by atoms with Crippen LogP contribution < -0.4 is 0 Å². The Morgan fingerprint density at radius 3 is 2.20 bits per heavy atom. The van der Waals surface area contributed by atoms with E-state index >= 15 is 0 Å². The highest BCUT2D eigenvalue weighted by Crippen LogP contribution is 2.43. The summed E-state index contributed by atoms with van der Waals surface area (Å²) in [5.41, 5.74) is 3.39. The van der Waals surface area contributed by atoms with Crippen LogP contribution in [-0.4, -0.2) is 60.4 Å². The topological polar surface area (TPSA) is 77.9 Å². The molecule has 2 saturated heterocycles. The SMILES string of the molecule is Cc1ccccc1S(=O)(=O)N1CC(=O)N2[C@H](CO)[C@@H](c3ccc(C#Cc4ccccc4)cc3)[C@@H]2C1. The van der Waals surface area contributed by atoms with Crippen LogP contribution in [0.25, 0.3) is 0 Å². The van der Waals surface area contributed by atoms with Gasteiger partial charge in [0.05, 0.1) is 30.1 Å². The molecule has 0 aliphatic carbocycles. The van der Waals surface area contributed by atoms with Crippen LogP contribution in [0, 0.1) is 18.8 Å². The maximum atomic E-state index is 13.3. The van der Waals surface area contributed by atoms with Crippen LogP contribution >= 0.6 is 0 Å². The van der Waals surface area contributed by atoms with Crippen molar-refractivity contribution in [3.05, 3.63) is 101 Å². The molecular formula is C28H26N2O4S. The van der Waals surface area contributed by atoms with Crippen LogP contribution in [0.5, 0.6) is 0 Å². The standard InChI is InChI=1S/C28H26N2O4S/c1-20-7-5-6-10-26(20)35(33,34)29-17-24-28(25(19-31)30(24)27(32)18-29)23-15-13-22(14-16-23)12-11-21-8-3-2-4-9-21/h2-10,13-16,24-25,28,31H,17-19H2,1H3/t24-,25+,28-/m0/s1. The molecule has 3 aromatic rings. The van der Waals surface area contributed by atoms with Crippen molar-refractivity contribution in [3.63, 3.8) is 0 Å². The van der Waals surface area contributed by atoms with Crippen LogP contribution in [0.15, 0.2) is 83.8 Å². The minimum absolute atomic E-state index is 0.157. The quantitative estimate of drug-likeness (QED) is 0.576. The van der Waals surface area contributed by atoms with Gasteiger partial charge in [-0.25, -0.2) is 8.42 Å². The molecule has 178 valence electrons. The van der Waals surface area contributed by atoms with Crippen LogP contribution in [-0.2, 0) is 14.8 Å². The molecule has 1 N–H and O–H groups in total. The van der Waals surface area contributed by atoms with Gasteiger partial charge in [-0.2, -0.15) is 4.31 Å². The molecule has 6 nitrogen and oxygen atoms in total. The van der Waals surface area contributed by atoms with Crippen molar-refractivity contribution in [1.82, 2.24) is 9.21 Å². The first-order valence-electron chi connectivity index (χ1n) is 11.5. The number of rotatable bonds is 4. The first-order chi connectivity index (χ1) is 16.9. The normalized spacial score (nSPS) is 22.1. The predicted octanol–water partition coefficient (Wildman–Crippen LogP) is 2.75. The highest BCUT2D eigenvalue weighted by atomic mass is 32.2. The van der Waals surface area contributed by atoms with Gasteiger partial charge in [-0.3, -0.25) is 4.79 Å². The lowest BCUT2D eigenvalue weighted by molar-refractivity contribution is -0.158.